The minimum atomic E-state index is 0.0289. The normalized spacial score (nSPS) is 11.7. The number of allylic oxidation sites excluding steroid dienone is 3. The molecule has 0 aliphatic heterocycles. The highest BCUT2D eigenvalue weighted by atomic mass is 16.6. The summed E-state index contributed by atoms with van der Waals surface area (Å²) < 4.78 is 47.5. The summed E-state index contributed by atoms with van der Waals surface area (Å²) in [4.78, 5) is 10.3. The third-order valence-corrected chi connectivity index (χ3v) is 8.86. The summed E-state index contributed by atoms with van der Waals surface area (Å²) in [5.74, 6) is 0.0289. The van der Waals surface area contributed by atoms with Crippen LogP contribution in [0, 0.1) is 0 Å². The van der Waals surface area contributed by atoms with E-state index in [0.29, 0.717) is 99.1 Å². The lowest BCUT2D eigenvalue weighted by Crippen LogP contribution is -2.10. The van der Waals surface area contributed by atoms with E-state index in [1.54, 1.807) is 18.8 Å². The maximum Gasteiger partial charge on any atom is 0.127 e. The van der Waals surface area contributed by atoms with Gasteiger partial charge in [0, 0.05) is 5.92 Å². The Morgan fingerprint density at radius 2 is 0.627 bits per heavy atom. The summed E-state index contributed by atoms with van der Waals surface area (Å²) in [6.45, 7) is 15.4. The van der Waals surface area contributed by atoms with Crippen LogP contribution in [0.3, 0.4) is 0 Å². The molecule has 4 aromatic carbocycles. The van der Waals surface area contributed by atoms with E-state index in [4.69, 9.17) is 58.0 Å². The molecule has 13 heteroatoms. The average Bonchev–Trinajstić information content (AvgIpc) is 3.38. The minimum absolute atomic E-state index is 0.0289. The number of aliphatic hydroxyl groups is 3. The van der Waals surface area contributed by atoms with Gasteiger partial charge >= 0.3 is 0 Å². The first-order valence-corrected chi connectivity index (χ1v) is 22.7. The van der Waals surface area contributed by atoms with E-state index < -0.39 is 0 Å². The Hall–Kier alpha value is -5.19. The van der Waals surface area contributed by atoms with Crippen molar-refractivity contribution < 1.29 is 62.7 Å². The van der Waals surface area contributed by atoms with Crippen molar-refractivity contribution >= 4 is 23.0 Å². The summed E-state index contributed by atoms with van der Waals surface area (Å²) in [6.07, 6.45) is 6.26. The van der Waals surface area contributed by atoms with Gasteiger partial charge in [0.15, 0.2) is 0 Å². The number of aldehydes is 1. The summed E-state index contributed by atoms with van der Waals surface area (Å²) in [7, 11) is 0. The Labute approximate surface area is 399 Å². The van der Waals surface area contributed by atoms with Crippen molar-refractivity contribution in [1.29, 1.82) is 0 Å². The second-order valence-electron chi connectivity index (χ2n) is 14.3. The van der Waals surface area contributed by atoms with Gasteiger partial charge in [0.1, 0.15) is 26.1 Å². The molecular weight excluding hydrogens is 857 g/mol. The largest absolute Gasteiger partial charge is 0.498 e. The fourth-order valence-electron chi connectivity index (χ4n) is 5.17. The molecule has 3 N–H and O–H groups in total. The number of hydrogen-bond donors (Lipinski definition) is 3. The van der Waals surface area contributed by atoms with Gasteiger partial charge in [0.2, 0.25) is 0 Å². The minimum Gasteiger partial charge on any atom is -0.498 e. The van der Waals surface area contributed by atoms with Crippen LogP contribution in [0.2, 0.25) is 0 Å². The summed E-state index contributed by atoms with van der Waals surface area (Å²) in [5.41, 5.74) is 7.84. The zero-order chi connectivity index (χ0) is 48.7. The molecule has 0 aliphatic carbocycles. The number of ether oxygens (including phenoxy) is 9. The third kappa shape index (κ3) is 34.7. The Morgan fingerprint density at radius 1 is 0.388 bits per heavy atom. The standard InChI is InChI=1S/C24H30O4.C15H22O4.C9H10O.C6H14O4/c1-21(23-9-5-3-6-10-23)19-27-17-15-25-13-14-26-16-18-28-20-22(2)24-11-7-4-8-12-24;1-14(15-5-3-2-4-6-15)13-19-12-11-18-10-9-17-8-7-16;1-8(7-10)9-5-3-2-4-6-9;7-1-3-9-5-6-10-4-2-8/h3-12,19-20H,13-18H2,1-2H3;2-6,13,16H,7-12H2,1H3;2-8H,1H3;7-8H,1-6H2. The van der Waals surface area contributed by atoms with E-state index >= 15 is 0 Å². The molecule has 0 spiro atoms. The van der Waals surface area contributed by atoms with Gasteiger partial charge in [0.05, 0.1) is 118 Å². The number of hydrogen-bond acceptors (Lipinski definition) is 13. The molecule has 1 atom stereocenters. The smallest absolute Gasteiger partial charge is 0.127 e. The van der Waals surface area contributed by atoms with Gasteiger partial charge in [-0.2, -0.15) is 0 Å². The highest BCUT2D eigenvalue weighted by Crippen LogP contribution is 2.14. The Balaban J connectivity index is 0.000000493. The van der Waals surface area contributed by atoms with Crippen molar-refractivity contribution in [2.75, 3.05) is 119 Å². The summed E-state index contributed by atoms with van der Waals surface area (Å²) in [5, 5.41) is 25.0. The maximum atomic E-state index is 10.3. The number of aliphatic hydroxyl groups excluding tert-OH is 3. The van der Waals surface area contributed by atoms with Crippen molar-refractivity contribution in [1.82, 2.24) is 0 Å². The van der Waals surface area contributed by atoms with Gasteiger partial charge in [-0.15, -0.1) is 0 Å². The SMILES string of the molecule is CC(=COCCOCCOCCO)c1ccccc1.CC(=COCCOCCOCCOC=C(C)c1ccccc1)c1ccccc1.CC(C=O)c1ccccc1.OCCOCCOCCO. The predicted octanol–water partition coefficient (Wildman–Crippen LogP) is 8.26. The summed E-state index contributed by atoms with van der Waals surface area (Å²) >= 11 is 0. The molecule has 67 heavy (non-hydrogen) atoms. The monoisotopic (exact) mass is 933 g/mol. The van der Waals surface area contributed by atoms with Gasteiger partial charge in [-0.25, -0.2) is 0 Å². The van der Waals surface area contributed by atoms with Crippen LogP contribution in [0.1, 0.15) is 55.9 Å². The molecule has 0 saturated carbocycles. The van der Waals surface area contributed by atoms with Gasteiger partial charge in [0.25, 0.3) is 0 Å². The van der Waals surface area contributed by atoms with Gasteiger partial charge in [-0.3, -0.25) is 0 Å². The maximum absolute atomic E-state index is 10.3. The Bertz CT molecular complexity index is 1700. The lowest BCUT2D eigenvalue weighted by molar-refractivity contribution is -0.108. The number of carbonyl (C=O) groups excluding carboxylic acids is 1. The van der Waals surface area contributed by atoms with Crippen LogP contribution in [-0.4, -0.2) is 141 Å². The van der Waals surface area contributed by atoms with E-state index in [1.165, 1.54) is 0 Å². The van der Waals surface area contributed by atoms with Crippen molar-refractivity contribution in [3.05, 3.63) is 162 Å². The number of benzene rings is 4. The molecule has 0 saturated heterocycles. The molecular formula is C54H76O13. The second kappa shape index (κ2) is 44.6. The highest BCUT2D eigenvalue weighted by Gasteiger charge is 2.00. The predicted molar refractivity (Wildman–Crippen MR) is 265 cm³/mol. The molecule has 370 valence electrons. The van der Waals surface area contributed by atoms with Crippen molar-refractivity contribution in [3.8, 4) is 0 Å². The zero-order valence-corrected chi connectivity index (χ0v) is 40.1. The third-order valence-electron chi connectivity index (χ3n) is 8.86. The quantitative estimate of drug-likeness (QED) is 0.0244. The Kier molecular flexibility index (Phi) is 39.9. The van der Waals surface area contributed by atoms with Crippen LogP contribution in [0.25, 0.3) is 16.7 Å². The average molecular weight is 933 g/mol. The van der Waals surface area contributed by atoms with Crippen molar-refractivity contribution in [2.45, 2.75) is 33.6 Å². The topological polar surface area (TPSA) is 161 Å². The van der Waals surface area contributed by atoms with E-state index in [0.717, 1.165) is 45.3 Å². The molecule has 0 bridgehead atoms. The molecule has 4 rings (SSSR count). The molecule has 0 fully saturated rings. The summed E-state index contributed by atoms with van der Waals surface area (Å²) in [6, 6.07) is 40.1. The van der Waals surface area contributed by atoms with E-state index in [2.05, 4.69) is 24.3 Å². The fraction of sp³-hybridized carbons (Fsp3) is 0.426. The van der Waals surface area contributed by atoms with Crippen LogP contribution in [-0.2, 0) is 47.4 Å². The van der Waals surface area contributed by atoms with Crippen LogP contribution in [0.15, 0.2) is 140 Å². The Morgan fingerprint density at radius 3 is 0.881 bits per heavy atom. The van der Waals surface area contributed by atoms with Crippen LogP contribution in [0.5, 0.6) is 0 Å². The fourth-order valence-corrected chi connectivity index (χ4v) is 5.17. The molecule has 13 nitrogen and oxygen atoms in total. The van der Waals surface area contributed by atoms with Gasteiger partial charge in [-0.05, 0) is 59.7 Å². The van der Waals surface area contributed by atoms with Crippen LogP contribution >= 0.6 is 0 Å². The number of carbonyl (C=O) groups is 1. The highest BCUT2D eigenvalue weighted by molar-refractivity contribution is 5.63. The first kappa shape index (κ1) is 59.8. The molecule has 1 unspecified atom stereocenters. The molecule has 0 aliphatic rings. The van der Waals surface area contributed by atoms with Gasteiger partial charge < -0.3 is 62.7 Å². The second-order valence-corrected chi connectivity index (χ2v) is 14.3. The van der Waals surface area contributed by atoms with E-state index in [1.807, 2.05) is 125 Å². The lowest BCUT2D eigenvalue weighted by Gasteiger charge is -2.07. The molecule has 0 amide bonds. The van der Waals surface area contributed by atoms with E-state index in [9.17, 15) is 4.79 Å². The lowest BCUT2D eigenvalue weighted by atomic mass is 10.0. The van der Waals surface area contributed by atoms with Crippen LogP contribution in [0.4, 0.5) is 0 Å². The van der Waals surface area contributed by atoms with Crippen molar-refractivity contribution in [3.63, 3.8) is 0 Å². The zero-order valence-electron chi connectivity index (χ0n) is 40.1. The van der Waals surface area contributed by atoms with Gasteiger partial charge in [-0.1, -0.05) is 128 Å². The van der Waals surface area contributed by atoms with Crippen LogP contribution < -0.4 is 0 Å². The molecule has 4 aromatic rings. The molecule has 0 aromatic heterocycles. The van der Waals surface area contributed by atoms with E-state index in [-0.39, 0.29) is 25.7 Å². The first-order valence-electron chi connectivity index (χ1n) is 22.7. The molecule has 0 heterocycles. The first-order chi connectivity index (χ1) is 32.9. The van der Waals surface area contributed by atoms with Crippen molar-refractivity contribution in [2.24, 2.45) is 0 Å². The molecule has 0 radical (unpaired) electrons. The number of rotatable bonds is 32.